The minimum Gasteiger partial charge on any atom is -0.486 e. The van der Waals surface area contributed by atoms with E-state index in [0.717, 1.165) is 23.4 Å². The Morgan fingerprint density at radius 2 is 2.04 bits per heavy atom. The van der Waals surface area contributed by atoms with Gasteiger partial charge in [-0.3, -0.25) is 9.89 Å². The SMILES string of the molecule is CCc1ccc(OCc2nc(SCC(=O)Nc3cccc(C)c3)n[nH]2)cc1. The van der Waals surface area contributed by atoms with Crippen LogP contribution >= 0.6 is 11.8 Å². The monoisotopic (exact) mass is 382 g/mol. The van der Waals surface area contributed by atoms with Gasteiger partial charge < -0.3 is 10.1 Å². The third-order valence-electron chi connectivity index (χ3n) is 3.85. The molecule has 2 N–H and O–H groups in total. The van der Waals surface area contributed by atoms with E-state index in [0.29, 0.717) is 17.6 Å². The van der Waals surface area contributed by atoms with Crippen molar-refractivity contribution in [2.24, 2.45) is 0 Å². The Bertz CT molecular complexity index is 893. The summed E-state index contributed by atoms with van der Waals surface area (Å²) in [6.45, 7) is 4.40. The van der Waals surface area contributed by atoms with Crippen LogP contribution in [0.4, 0.5) is 5.69 Å². The summed E-state index contributed by atoms with van der Waals surface area (Å²) in [7, 11) is 0. The summed E-state index contributed by atoms with van der Waals surface area (Å²) < 4.78 is 5.70. The van der Waals surface area contributed by atoms with Crippen LogP contribution in [0.1, 0.15) is 23.9 Å². The number of aryl methyl sites for hydroxylation is 2. The Balaban J connectivity index is 1.45. The van der Waals surface area contributed by atoms with E-state index in [2.05, 4.69) is 27.4 Å². The molecule has 0 saturated heterocycles. The molecule has 6 nitrogen and oxygen atoms in total. The molecular weight excluding hydrogens is 360 g/mol. The minimum atomic E-state index is -0.0933. The number of rotatable bonds is 8. The van der Waals surface area contributed by atoms with Gasteiger partial charge in [0.05, 0.1) is 5.75 Å². The van der Waals surface area contributed by atoms with Gasteiger partial charge in [0, 0.05) is 5.69 Å². The van der Waals surface area contributed by atoms with Gasteiger partial charge in [0.1, 0.15) is 12.4 Å². The average molecular weight is 382 g/mol. The molecule has 0 saturated carbocycles. The van der Waals surface area contributed by atoms with E-state index in [1.807, 2.05) is 55.5 Å². The van der Waals surface area contributed by atoms with Crippen molar-refractivity contribution in [2.45, 2.75) is 32.0 Å². The summed E-state index contributed by atoms with van der Waals surface area (Å²) in [4.78, 5) is 16.4. The first-order chi connectivity index (χ1) is 13.1. The van der Waals surface area contributed by atoms with E-state index < -0.39 is 0 Å². The lowest BCUT2D eigenvalue weighted by Gasteiger charge is -2.05. The number of hydrogen-bond donors (Lipinski definition) is 2. The Kier molecular flexibility index (Phi) is 6.49. The smallest absolute Gasteiger partial charge is 0.234 e. The van der Waals surface area contributed by atoms with Crippen LogP contribution < -0.4 is 10.1 Å². The van der Waals surface area contributed by atoms with E-state index in [9.17, 15) is 4.79 Å². The maximum Gasteiger partial charge on any atom is 0.234 e. The zero-order chi connectivity index (χ0) is 19.1. The number of nitrogens with one attached hydrogen (secondary N) is 2. The van der Waals surface area contributed by atoms with Gasteiger partial charge >= 0.3 is 0 Å². The van der Waals surface area contributed by atoms with E-state index in [1.165, 1.54) is 17.3 Å². The maximum atomic E-state index is 12.0. The van der Waals surface area contributed by atoms with Crippen LogP contribution in [-0.4, -0.2) is 26.8 Å². The van der Waals surface area contributed by atoms with Crippen molar-refractivity contribution in [3.63, 3.8) is 0 Å². The van der Waals surface area contributed by atoms with Crippen LogP contribution in [0.3, 0.4) is 0 Å². The predicted octanol–water partition coefficient (Wildman–Crippen LogP) is 3.99. The first-order valence-electron chi connectivity index (χ1n) is 8.74. The second kappa shape index (κ2) is 9.23. The van der Waals surface area contributed by atoms with Gasteiger partial charge in [-0.25, -0.2) is 4.98 Å². The van der Waals surface area contributed by atoms with Gasteiger partial charge in [0.2, 0.25) is 11.1 Å². The summed E-state index contributed by atoms with van der Waals surface area (Å²) >= 11 is 1.28. The molecule has 7 heteroatoms. The van der Waals surface area contributed by atoms with Gasteiger partial charge in [0.15, 0.2) is 5.82 Å². The van der Waals surface area contributed by atoms with Crippen LogP contribution in [0, 0.1) is 6.92 Å². The maximum absolute atomic E-state index is 12.0. The third kappa shape index (κ3) is 5.86. The largest absolute Gasteiger partial charge is 0.486 e. The molecule has 0 unspecified atom stereocenters. The molecule has 3 aromatic rings. The van der Waals surface area contributed by atoms with Gasteiger partial charge in [-0.15, -0.1) is 5.10 Å². The number of benzene rings is 2. The fourth-order valence-electron chi connectivity index (χ4n) is 2.43. The van der Waals surface area contributed by atoms with Crippen molar-refractivity contribution in [3.8, 4) is 5.75 Å². The normalized spacial score (nSPS) is 10.6. The van der Waals surface area contributed by atoms with E-state index in [-0.39, 0.29) is 11.7 Å². The molecular formula is C20H22N4O2S. The van der Waals surface area contributed by atoms with Crippen molar-refractivity contribution in [1.29, 1.82) is 0 Å². The first-order valence-corrected chi connectivity index (χ1v) is 9.73. The Morgan fingerprint density at radius 1 is 1.22 bits per heavy atom. The van der Waals surface area contributed by atoms with Crippen LogP contribution in [0.25, 0.3) is 0 Å². The fraction of sp³-hybridized carbons (Fsp3) is 0.250. The first kappa shape index (κ1) is 19.0. The zero-order valence-corrected chi connectivity index (χ0v) is 16.2. The molecule has 0 fully saturated rings. The number of amides is 1. The molecule has 27 heavy (non-hydrogen) atoms. The van der Waals surface area contributed by atoms with Gasteiger partial charge in [0.25, 0.3) is 0 Å². The Hall–Kier alpha value is -2.80. The second-order valence-corrected chi connectivity index (χ2v) is 7.00. The van der Waals surface area contributed by atoms with Crippen molar-refractivity contribution >= 4 is 23.4 Å². The van der Waals surface area contributed by atoms with Crippen LogP contribution in [0.2, 0.25) is 0 Å². The molecule has 1 amide bonds. The molecule has 3 rings (SSSR count). The predicted molar refractivity (Wildman–Crippen MR) is 107 cm³/mol. The van der Waals surface area contributed by atoms with Gasteiger partial charge in [-0.1, -0.05) is 43.0 Å². The molecule has 1 aromatic heterocycles. The van der Waals surface area contributed by atoms with Crippen LogP contribution in [0.5, 0.6) is 5.75 Å². The summed E-state index contributed by atoms with van der Waals surface area (Å²) in [5.74, 6) is 1.56. The van der Waals surface area contributed by atoms with Crippen molar-refractivity contribution in [1.82, 2.24) is 15.2 Å². The zero-order valence-electron chi connectivity index (χ0n) is 15.4. The van der Waals surface area contributed by atoms with E-state index in [4.69, 9.17) is 4.74 Å². The number of aromatic nitrogens is 3. The molecule has 0 spiro atoms. The van der Waals surface area contributed by atoms with Gasteiger partial charge in [-0.2, -0.15) is 0 Å². The molecule has 1 heterocycles. The highest BCUT2D eigenvalue weighted by atomic mass is 32.2. The topological polar surface area (TPSA) is 79.9 Å². The van der Waals surface area contributed by atoms with Crippen molar-refractivity contribution in [3.05, 3.63) is 65.5 Å². The number of thioether (sulfide) groups is 1. The number of nitrogens with zero attached hydrogens (tertiary/aromatic N) is 2. The highest BCUT2D eigenvalue weighted by Gasteiger charge is 2.09. The molecule has 2 aromatic carbocycles. The average Bonchev–Trinajstić information content (AvgIpc) is 3.13. The number of H-pyrrole nitrogens is 1. The molecule has 0 atom stereocenters. The standard InChI is InChI=1S/C20H22N4O2S/c1-3-15-7-9-17(10-8-15)26-12-18-22-20(24-23-18)27-13-19(25)21-16-6-4-5-14(2)11-16/h4-11H,3,12-13H2,1-2H3,(H,21,25)(H,22,23,24). The number of carbonyl (C=O) groups excluding carboxylic acids is 1. The number of carbonyl (C=O) groups is 1. The second-order valence-electron chi connectivity index (χ2n) is 6.06. The summed E-state index contributed by atoms with van der Waals surface area (Å²) in [6, 6.07) is 15.7. The number of ether oxygens (including phenoxy) is 1. The summed E-state index contributed by atoms with van der Waals surface area (Å²) in [6.07, 6.45) is 1.00. The highest BCUT2D eigenvalue weighted by molar-refractivity contribution is 7.99. The lowest BCUT2D eigenvalue weighted by atomic mass is 10.2. The molecule has 0 radical (unpaired) electrons. The molecule has 0 aliphatic heterocycles. The number of aromatic amines is 1. The minimum absolute atomic E-state index is 0.0933. The molecule has 140 valence electrons. The Labute approximate surface area is 162 Å². The third-order valence-corrected chi connectivity index (χ3v) is 4.70. The van der Waals surface area contributed by atoms with Crippen molar-refractivity contribution in [2.75, 3.05) is 11.1 Å². The number of hydrogen-bond acceptors (Lipinski definition) is 5. The Morgan fingerprint density at radius 3 is 2.78 bits per heavy atom. The van der Waals surface area contributed by atoms with Crippen LogP contribution in [0.15, 0.2) is 53.7 Å². The molecule has 0 aliphatic rings. The van der Waals surface area contributed by atoms with Crippen LogP contribution in [-0.2, 0) is 17.8 Å². The highest BCUT2D eigenvalue weighted by Crippen LogP contribution is 2.16. The lowest BCUT2D eigenvalue weighted by molar-refractivity contribution is -0.113. The summed E-state index contributed by atoms with van der Waals surface area (Å²) in [5.41, 5.74) is 3.16. The lowest BCUT2D eigenvalue weighted by Crippen LogP contribution is -2.14. The molecule has 0 bridgehead atoms. The van der Waals surface area contributed by atoms with E-state index in [1.54, 1.807) is 0 Å². The van der Waals surface area contributed by atoms with Gasteiger partial charge in [-0.05, 0) is 48.7 Å². The summed E-state index contributed by atoms with van der Waals surface area (Å²) in [5, 5.41) is 10.3. The van der Waals surface area contributed by atoms with E-state index >= 15 is 0 Å². The number of anilines is 1. The molecule has 0 aliphatic carbocycles. The quantitative estimate of drug-likeness (QED) is 0.576. The fourth-order valence-corrected chi connectivity index (χ4v) is 3.05. The van der Waals surface area contributed by atoms with Crippen molar-refractivity contribution < 1.29 is 9.53 Å².